The molecule has 0 saturated carbocycles. The van der Waals surface area contributed by atoms with E-state index in [1.165, 1.54) is 29.7 Å². The van der Waals surface area contributed by atoms with Gasteiger partial charge in [0.25, 0.3) is 0 Å². The van der Waals surface area contributed by atoms with Gasteiger partial charge in [0, 0.05) is 36.0 Å². The molecule has 0 aliphatic heterocycles. The molecule has 3 heterocycles. The first-order valence-electron chi connectivity index (χ1n) is 7.75. The molecule has 0 aliphatic rings. The van der Waals surface area contributed by atoms with Crippen LogP contribution in [0.4, 0.5) is 4.39 Å². The van der Waals surface area contributed by atoms with Crippen LogP contribution < -0.4 is 0 Å². The lowest BCUT2D eigenvalue weighted by Gasteiger charge is -2.09. The van der Waals surface area contributed by atoms with Crippen molar-refractivity contribution in [2.24, 2.45) is 0 Å². The second-order valence-corrected chi connectivity index (χ2v) is 8.85. The maximum Gasteiger partial charge on any atom is 0.177 e. The van der Waals surface area contributed by atoms with Crippen molar-refractivity contribution in [1.29, 1.82) is 0 Å². The first-order chi connectivity index (χ1) is 12.4. The Morgan fingerprint density at radius 3 is 2.58 bits per heavy atom. The summed E-state index contributed by atoms with van der Waals surface area (Å²) in [6, 6.07) is 9.78. The zero-order chi connectivity index (χ0) is 18.3. The van der Waals surface area contributed by atoms with Crippen molar-refractivity contribution in [3.63, 3.8) is 0 Å². The van der Waals surface area contributed by atoms with Crippen molar-refractivity contribution in [2.45, 2.75) is 11.4 Å². The number of hydrogen-bond acceptors (Lipinski definition) is 5. The highest BCUT2D eigenvalue weighted by molar-refractivity contribution is 7.90. The van der Waals surface area contributed by atoms with Gasteiger partial charge < -0.3 is 4.57 Å². The third-order valence-corrected chi connectivity index (χ3v) is 5.92. The molecule has 0 fully saturated rings. The first kappa shape index (κ1) is 16.9. The average Bonchev–Trinajstić information content (AvgIpc) is 3.24. The monoisotopic (exact) mass is 387 g/mol. The van der Waals surface area contributed by atoms with Crippen LogP contribution >= 0.6 is 11.3 Å². The first-order valence-corrected chi connectivity index (χ1v) is 10.5. The molecule has 26 heavy (non-hydrogen) atoms. The van der Waals surface area contributed by atoms with Crippen molar-refractivity contribution in [3.8, 4) is 10.7 Å². The number of aromatic nitrogens is 3. The number of pyridine rings is 1. The molecule has 4 rings (SSSR count). The van der Waals surface area contributed by atoms with Gasteiger partial charge in [-0.25, -0.2) is 22.8 Å². The fourth-order valence-electron chi connectivity index (χ4n) is 2.79. The van der Waals surface area contributed by atoms with Gasteiger partial charge in [0.05, 0.1) is 10.6 Å². The predicted molar refractivity (Wildman–Crippen MR) is 99.5 cm³/mol. The molecule has 0 unspecified atom stereocenters. The van der Waals surface area contributed by atoms with Crippen LogP contribution in [-0.4, -0.2) is 29.2 Å². The maximum absolute atomic E-state index is 13.2. The van der Waals surface area contributed by atoms with Crippen LogP contribution in [0.3, 0.4) is 0 Å². The molecule has 1 aromatic carbocycles. The van der Waals surface area contributed by atoms with E-state index in [-0.39, 0.29) is 10.7 Å². The van der Waals surface area contributed by atoms with Gasteiger partial charge in [-0.2, -0.15) is 0 Å². The normalized spacial score (nSPS) is 11.9. The van der Waals surface area contributed by atoms with E-state index in [1.807, 2.05) is 16.0 Å². The number of nitrogens with zero attached hydrogens (tertiary/aromatic N) is 3. The van der Waals surface area contributed by atoms with Crippen LogP contribution in [0, 0.1) is 5.82 Å². The van der Waals surface area contributed by atoms with Crippen molar-refractivity contribution < 1.29 is 12.8 Å². The number of fused-ring (bicyclic) bond motifs is 1. The molecule has 0 saturated heterocycles. The Hall–Kier alpha value is -2.58. The summed E-state index contributed by atoms with van der Waals surface area (Å²) in [5, 5.41) is 3.41. The van der Waals surface area contributed by atoms with Gasteiger partial charge in [-0.05, 0) is 29.8 Å². The van der Waals surface area contributed by atoms with Gasteiger partial charge in [-0.15, -0.1) is 11.3 Å². The molecule has 0 bridgehead atoms. The van der Waals surface area contributed by atoms with E-state index in [0.29, 0.717) is 12.2 Å². The van der Waals surface area contributed by atoms with Crippen LogP contribution in [0.5, 0.6) is 0 Å². The lowest BCUT2D eigenvalue weighted by molar-refractivity contribution is 0.601. The minimum absolute atomic E-state index is 0.176. The van der Waals surface area contributed by atoms with E-state index in [9.17, 15) is 12.8 Å². The maximum atomic E-state index is 13.2. The minimum atomic E-state index is -3.34. The molecular formula is C18H14FN3O2S2. The predicted octanol–water partition coefficient (Wildman–Crippen LogP) is 3.75. The van der Waals surface area contributed by atoms with Gasteiger partial charge >= 0.3 is 0 Å². The SMILES string of the molecule is CS(=O)(=O)c1cnc2c(c1)cc(-c1nccs1)n2Cc1ccc(F)cc1. The Labute approximate surface area is 153 Å². The number of rotatable bonds is 4. The third-order valence-electron chi connectivity index (χ3n) is 4.04. The quantitative estimate of drug-likeness (QED) is 0.535. The topological polar surface area (TPSA) is 64.8 Å². The number of thiazole rings is 1. The summed E-state index contributed by atoms with van der Waals surface area (Å²) in [7, 11) is -3.34. The van der Waals surface area contributed by atoms with Crippen LogP contribution in [-0.2, 0) is 16.4 Å². The Morgan fingerprint density at radius 2 is 1.92 bits per heavy atom. The van der Waals surface area contributed by atoms with E-state index >= 15 is 0 Å². The molecule has 4 aromatic rings. The summed E-state index contributed by atoms with van der Waals surface area (Å²) in [6.45, 7) is 0.476. The molecule has 0 aliphatic carbocycles. The highest BCUT2D eigenvalue weighted by atomic mass is 32.2. The molecule has 3 aromatic heterocycles. The lowest BCUT2D eigenvalue weighted by Crippen LogP contribution is -2.03. The van der Waals surface area contributed by atoms with Gasteiger partial charge in [0.2, 0.25) is 0 Å². The summed E-state index contributed by atoms with van der Waals surface area (Å²) < 4.78 is 38.8. The molecule has 0 N–H and O–H groups in total. The smallest absolute Gasteiger partial charge is 0.177 e. The molecule has 0 atom stereocenters. The van der Waals surface area contributed by atoms with Crippen molar-refractivity contribution >= 4 is 32.2 Å². The number of hydrogen-bond donors (Lipinski definition) is 0. The van der Waals surface area contributed by atoms with Crippen molar-refractivity contribution in [1.82, 2.24) is 14.5 Å². The largest absolute Gasteiger partial charge is 0.319 e. The fraction of sp³-hybridized carbons (Fsp3) is 0.111. The van der Waals surface area contributed by atoms with E-state index in [4.69, 9.17) is 0 Å². The van der Waals surface area contributed by atoms with Crippen molar-refractivity contribution in [3.05, 3.63) is 65.6 Å². The Bertz CT molecular complexity index is 1180. The fourth-order valence-corrected chi connectivity index (χ4v) is 4.04. The highest BCUT2D eigenvalue weighted by Crippen LogP contribution is 2.30. The van der Waals surface area contributed by atoms with Gasteiger partial charge in [-0.1, -0.05) is 12.1 Å². The molecule has 132 valence electrons. The van der Waals surface area contributed by atoms with Crippen LogP contribution in [0.2, 0.25) is 0 Å². The summed E-state index contributed by atoms with van der Waals surface area (Å²) in [6.07, 6.45) is 4.24. The summed E-state index contributed by atoms with van der Waals surface area (Å²) >= 11 is 1.49. The summed E-state index contributed by atoms with van der Waals surface area (Å²) in [5.41, 5.74) is 2.42. The standard InChI is InChI=1S/C18H14FN3O2S2/c1-26(23,24)15-8-13-9-16(18-20-6-7-25-18)22(17(13)21-10-15)11-12-2-4-14(19)5-3-12/h2-10H,11H2,1H3. The van der Waals surface area contributed by atoms with Gasteiger partial charge in [0.15, 0.2) is 9.84 Å². The molecule has 5 nitrogen and oxygen atoms in total. The second kappa shape index (κ2) is 6.30. The minimum Gasteiger partial charge on any atom is -0.319 e. The summed E-state index contributed by atoms with van der Waals surface area (Å²) in [5.74, 6) is -0.290. The number of sulfone groups is 1. The van der Waals surface area contributed by atoms with Gasteiger partial charge in [0.1, 0.15) is 16.5 Å². The van der Waals surface area contributed by atoms with Crippen molar-refractivity contribution in [2.75, 3.05) is 6.26 Å². The molecule has 8 heteroatoms. The van der Waals surface area contributed by atoms with Crippen LogP contribution in [0.15, 0.2) is 59.1 Å². The third kappa shape index (κ3) is 3.13. The Morgan fingerprint density at radius 1 is 1.15 bits per heavy atom. The zero-order valence-corrected chi connectivity index (χ0v) is 15.4. The summed E-state index contributed by atoms with van der Waals surface area (Å²) in [4.78, 5) is 8.91. The van der Waals surface area contributed by atoms with Crippen LogP contribution in [0.25, 0.3) is 21.7 Å². The highest BCUT2D eigenvalue weighted by Gasteiger charge is 2.17. The average molecular weight is 387 g/mol. The molecule has 0 amide bonds. The Kier molecular flexibility index (Phi) is 4.08. The number of benzene rings is 1. The number of halogens is 1. The van der Waals surface area contributed by atoms with E-state index < -0.39 is 9.84 Å². The molecular weight excluding hydrogens is 373 g/mol. The zero-order valence-electron chi connectivity index (χ0n) is 13.8. The van der Waals surface area contributed by atoms with E-state index in [2.05, 4.69) is 9.97 Å². The van der Waals surface area contributed by atoms with Gasteiger partial charge in [-0.3, -0.25) is 0 Å². The van der Waals surface area contributed by atoms with Crippen LogP contribution in [0.1, 0.15) is 5.56 Å². The lowest BCUT2D eigenvalue weighted by atomic mass is 10.2. The second-order valence-electron chi connectivity index (χ2n) is 5.94. The van der Waals surface area contributed by atoms with E-state index in [1.54, 1.807) is 24.4 Å². The molecule has 0 radical (unpaired) electrons. The van der Waals surface area contributed by atoms with E-state index in [0.717, 1.165) is 27.9 Å². The molecule has 0 spiro atoms. The Balaban J connectivity index is 1.90.